The Bertz CT molecular complexity index is 1030. The highest BCUT2D eigenvalue weighted by atomic mass is 14.5. The second-order valence-electron chi connectivity index (χ2n) is 6.98. The van der Waals surface area contributed by atoms with Crippen molar-refractivity contribution < 1.29 is 0 Å². The highest BCUT2D eigenvalue weighted by Crippen LogP contribution is 2.62. The van der Waals surface area contributed by atoms with Crippen LogP contribution in [0.5, 0.6) is 0 Å². The maximum Gasteiger partial charge on any atom is 0.0722 e. The summed E-state index contributed by atoms with van der Waals surface area (Å²) >= 11 is 0. The standard InChI is InChI=1S/C24H18.C3H6/c1-3-20-16(2)17-10-4-7-13-21(17)24(20)22-14-8-5-11-18(22)19-12-6-9-15-23(19)24;1-3-2/h3-15H,2H2,1H3;3H,1H2,2H3/b20-3+;. The smallest absolute Gasteiger partial charge is 0.0722 e. The number of allylic oxidation sites excluding steroid dienone is 4. The summed E-state index contributed by atoms with van der Waals surface area (Å²) in [5.41, 5.74) is 10.3. The van der Waals surface area contributed by atoms with E-state index in [-0.39, 0.29) is 5.41 Å². The first-order chi connectivity index (χ1) is 13.2. The Morgan fingerprint density at radius 1 is 0.667 bits per heavy atom. The summed E-state index contributed by atoms with van der Waals surface area (Å²) in [6.45, 7) is 11.8. The molecule has 0 unspecified atom stereocenters. The van der Waals surface area contributed by atoms with Crippen molar-refractivity contribution in [1.82, 2.24) is 0 Å². The van der Waals surface area contributed by atoms with Crippen molar-refractivity contribution in [3.05, 3.63) is 126 Å². The molecule has 5 rings (SSSR count). The van der Waals surface area contributed by atoms with Crippen LogP contribution in [0.25, 0.3) is 16.7 Å². The maximum atomic E-state index is 4.44. The van der Waals surface area contributed by atoms with E-state index in [9.17, 15) is 0 Å². The zero-order valence-corrected chi connectivity index (χ0v) is 16.0. The lowest BCUT2D eigenvalue weighted by Crippen LogP contribution is -2.25. The van der Waals surface area contributed by atoms with Crippen molar-refractivity contribution in [2.45, 2.75) is 19.3 Å². The zero-order chi connectivity index (χ0) is 19.0. The molecule has 0 N–H and O–H groups in total. The van der Waals surface area contributed by atoms with E-state index in [4.69, 9.17) is 0 Å². The SMILES string of the molecule is C=C1/C(=C\C)C2(c3ccccc31)c1ccccc1-c1ccccc12.C=CC. The molecule has 27 heavy (non-hydrogen) atoms. The minimum atomic E-state index is -0.213. The van der Waals surface area contributed by atoms with Crippen molar-refractivity contribution in [2.24, 2.45) is 0 Å². The molecule has 132 valence electrons. The average Bonchev–Trinajstić information content (AvgIpc) is 3.15. The molecule has 0 saturated carbocycles. The maximum absolute atomic E-state index is 4.44. The summed E-state index contributed by atoms with van der Waals surface area (Å²) in [5.74, 6) is 0. The lowest BCUT2D eigenvalue weighted by Gasteiger charge is -2.30. The Hall–Kier alpha value is -3.12. The molecule has 0 saturated heterocycles. The second kappa shape index (κ2) is 6.55. The Labute approximate surface area is 162 Å². The van der Waals surface area contributed by atoms with E-state index in [2.05, 4.69) is 99.0 Å². The van der Waals surface area contributed by atoms with Crippen molar-refractivity contribution in [3.63, 3.8) is 0 Å². The van der Waals surface area contributed by atoms with Crippen molar-refractivity contribution >= 4 is 5.57 Å². The largest absolute Gasteiger partial charge is 0.103 e. The summed E-state index contributed by atoms with van der Waals surface area (Å²) in [7, 11) is 0. The van der Waals surface area contributed by atoms with E-state index in [0.717, 1.165) is 5.57 Å². The van der Waals surface area contributed by atoms with Gasteiger partial charge < -0.3 is 0 Å². The molecule has 0 fully saturated rings. The molecule has 0 amide bonds. The van der Waals surface area contributed by atoms with Crippen LogP contribution >= 0.6 is 0 Å². The molecule has 3 aromatic carbocycles. The fourth-order valence-electron chi connectivity index (χ4n) is 4.80. The Balaban J connectivity index is 0.000000565. The van der Waals surface area contributed by atoms with E-state index >= 15 is 0 Å². The van der Waals surface area contributed by atoms with Crippen LogP contribution in [0.3, 0.4) is 0 Å². The average molecular weight is 348 g/mol. The van der Waals surface area contributed by atoms with Crippen LogP contribution in [-0.4, -0.2) is 0 Å². The van der Waals surface area contributed by atoms with Gasteiger partial charge in [0.25, 0.3) is 0 Å². The van der Waals surface area contributed by atoms with Crippen LogP contribution in [0.4, 0.5) is 0 Å². The van der Waals surface area contributed by atoms with Crippen LogP contribution in [0.2, 0.25) is 0 Å². The molecule has 0 atom stereocenters. The lowest BCUT2D eigenvalue weighted by atomic mass is 9.70. The van der Waals surface area contributed by atoms with E-state index in [1.54, 1.807) is 6.08 Å². The van der Waals surface area contributed by atoms with Gasteiger partial charge in [0.1, 0.15) is 0 Å². The molecule has 2 aliphatic carbocycles. The molecule has 0 nitrogen and oxygen atoms in total. The number of hydrogen-bond acceptors (Lipinski definition) is 0. The zero-order valence-electron chi connectivity index (χ0n) is 16.0. The third-order valence-electron chi connectivity index (χ3n) is 5.63. The van der Waals surface area contributed by atoms with Crippen molar-refractivity contribution in [3.8, 4) is 11.1 Å². The Kier molecular flexibility index (Phi) is 4.20. The molecular weight excluding hydrogens is 324 g/mol. The predicted molar refractivity (Wildman–Crippen MR) is 117 cm³/mol. The summed E-state index contributed by atoms with van der Waals surface area (Å²) in [5, 5.41) is 0. The van der Waals surface area contributed by atoms with Crippen molar-refractivity contribution in [1.29, 1.82) is 0 Å². The molecule has 0 heterocycles. The first-order valence-corrected chi connectivity index (χ1v) is 9.44. The monoisotopic (exact) mass is 348 g/mol. The van der Waals surface area contributed by atoms with Gasteiger partial charge in [-0.15, -0.1) is 6.58 Å². The van der Waals surface area contributed by atoms with Gasteiger partial charge in [0, 0.05) is 0 Å². The number of benzene rings is 3. The summed E-state index contributed by atoms with van der Waals surface area (Å²) < 4.78 is 0. The van der Waals surface area contributed by atoms with Crippen LogP contribution in [0, 0.1) is 0 Å². The van der Waals surface area contributed by atoms with Gasteiger partial charge in [0.2, 0.25) is 0 Å². The van der Waals surface area contributed by atoms with Gasteiger partial charge in [-0.1, -0.05) is 91.5 Å². The molecule has 1 spiro atoms. The van der Waals surface area contributed by atoms with Crippen LogP contribution < -0.4 is 0 Å². The molecule has 0 radical (unpaired) electrons. The van der Waals surface area contributed by atoms with E-state index < -0.39 is 0 Å². The normalized spacial score (nSPS) is 16.4. The molecule has 3 aromatic rings. The molecule has 0 aromatic heterocycles. The number of fused-ring (bicyclic) bond motifs is 7. The highest BCUT2D eigenvalue weighted by Gasteiger charge is 2.52. The molecule has 0 bridgehead atoms. The van der Waals surface area contributed by atoms with E-state index in [1.165, 1.54) is 39.0 Å². The van der Waals surface area contributed by atoms with Gasteiger partial charge in [0.15, 0.2) is 0 Å². The first kappa shape index (κ1) is 17.3. The van der Waals surface area contributed by atoms with Gasteiger partial charge in [0.05, 0.1) is 5.41 Å². The fraction of sp³-hybridized carbons (Fsp3) is 0.111. The van der Waals surface area contributed by atoms with Crippen LogP contribution in [-0.2, 0) is 5.41 Å². The van der Waals surface area contributed by atoms with Gasteiger partial charge >= 0.3 is 0 Å². The first-order valence-electron chi connectivity index (χ1n) is 9.44. The van der Waals surface area contributed by atoms with Crippen molar-refractivity contribution in [2.75, 3.05) is 0 Å². The second-order valence-corrected chi connectivity index (χ2v) is 6.98. The third kappa shape index (κ3) is 2.16. The fourth-order valence-corrected chi connectivity index (χ4v) is 4.80. The summed E-state index contributed by atoms with van der Waals surface area (Å²) in [6, 6.07) is 26.4. The minimum Gasteiger partial charge on any atom is -0.103 e. The van der Waals surface area contributed by atoms with Crippen LogP contribution in [0.1, 0.15) is 36.1 Å². The predicted octanol–water partition coefficient (Wildman–Crippen LogP) is 7.17. The molecule has 2 aliphatic rings. The Morgan fingerprint density at radius 3 is 1.48 bits per heavy atom. The van der Waals surface area contributed by atoms with E-state index in [1.807, 2.05) is 6.92 Å². The van der Waals surface area contributed by atoms with Gasteiger partial charge in [-0.3, -0.25) is 0 Å². The summed E-state index contributed by atoms with van der Waals surface area (Å²) in [6.07, 6.45) is 4.00. The van der Waals surface area contributed by atoms with Gasteiger partial charge in [-0.25, -0.2) is 0 Å². The van der Waals surface area contributed by atoms with Crippen LogP contribution in [0.15, 0.2) is 104 Å². The van der Waals surface area contributed by atoms with Gasteiger partial charge in [-0.2, -0.15) is 0 Å². The number of rotatable bonds is 0. The summed E-state index contributed by atoms with van der Waals surface area (Å²) in [4.78, 5) is 0. The Morgan fingerprint density at radius 2 is 1.04 bits per heavy atom. The molecule has 0 heteroatoms. The topological polar surface area (TPSA) is 0 Å². The lowest BCUT2D eigenvalue weighted by molar-refractivity contribution is 0.793. The highest BCUT2D eigenvalue weighted by molar-refractivity contribution is 5.99. The minimum absolute atomic E-state index is 0.213. The van der Waals surface area contributed by atoms with E-state index in [0.29, 0.717) is 0 Å². The third-order valence-corrected chi connectivity index (χ3v) is 5.63. The van der Waals surface area contributed by atoms with Gasteiger partial charge in [-0.05, 0) is 58.4 Å². The molecular formula is C27H24. The molecule has 0 aliphatic heterocycles. The quantitative estimate of drug-likeness (QED) is 0.378. The number of hydrogen-bond donors (Lipinski definition) is 0.